The first kappa shape index (κ1) is 13.2. The van der Waals surface area contributed by atoms with Crippen molar-refractivity contribution in [1.82, 2.24) is 9.97 Å². The zero-order valence-corrected chi connectivity index (χ0v) is 9.99. The van der Waals surface area contributed by atoms with E-state index in [1.165, 1.54) is 13.1 Å². The second kappa shape index (κ2) is 6.67. The average molecular weight is 240 g/mol. The highest BCUT2D eigenvalue weighted by Crippen LogP contribution is 2.09. The summed E-state index contributed by atoms with van der Waals surface area (Å²) in [5.41, 5.74) is 0.357. The number of carbonyl (C=O) groups excluding carboxylic acids is 1. The summed E-state index contributed by atoms with van der Waals surface area (Å²) in [6, 6.07) is 0. The Hall–Kier alpha value is -1.85. The third kappa shape index (κ3) is 5.14. The van der Waals surface area contributed by atoms with Crippen molar-refractivity contribution >= 4 is 5.97 Å². The fourth-order valence-corrected chi connectivity index (χ4v) is 1.19. The Kier molecular flexibility index (Phi) is 5.19. The quantitative estimate of drug-likeness (QED) is 0.587. The van der Waals surface area contributed by atoms with Crippen molar-refractivity contribution in [3.63, 3.8) is 0 Å². The fourth-order valence-electron chi connectivity index (χ4n) is 1.19. The molecule has 1 N–H and O–H groups in total. The molecule has 0 aliphatic carbocycles. The lowest BCUT2D eigenvalue weighted by Crippen LogP contribution is -2.13. The SMILES string of the molecule is CC(=O)OCCCCOc1[nH]c(=O)ncc1C. The molecule has 0 atom stereocenters. The van der Waals surface area contributed by atoms with Crippen molar-refractivity contribution in [3.05, 3.63) is 22.2 Å². The van der Waals surface area contributed by atoms with Gasteiger partial charge in [-0.2, -0.15) is 0 Å². The Labute approximate surface area is 99.0 Å². The van der Waals surface area contributed by atoms with Crippen LogP contribution >= 0.6 is 0 Å². The Morgan fingerprint density at radius 3 is 2.82 bits per heavy atom. The molecule has 1 aromatic heterocycles. The topological polar surface area (TPSA) is 81.3 Å². The van der Waals surface area contributed by atoms with E-state index >= 15 is 0 Å². The molecule has 6 nitrogen and oxygen atoms in total. The number of H-pyrrole nitrogens is 1. The first-order valence-electron chi connectivity index (χ1n) is 5.41. The van der Waals surface area contributed by atoms with Gasteiger partial charge in [0, 0.05) is 18.7 Å². The van der Waals surface area contributed by atoms with Crippen LogP contribution in [0.5, 0.6) is 5.88 Å². The third-order valence-electron chi connectivity index (χ3n) is 2.04. The van der Waals surface area contributed by atoms with Gasteiger partial charge in [-0.1, -0.05) is 0 Å². The number of hydrogen-bond donors (Lipinski definition) is 1. The van der Waals surface area contributed by atoms with E-state index < -0.39 is 5.69 Å². The van der Waals surface area contributed by atoms with Crippen LogP contribution in [0.2, 0.25) is 0 Å². The molecule has 6 heteroatoms. The smallest absolute Gasteiger partial charge is 0.347 e. The van der Waals surface area contributed by atoms with E-state index in [-0.39, 0.29) is 5.97 Å². The lowest BCUT2D eigenvalue weighted by atomic mass is 10.3. The molecule has 0 saturated heterocycles. The van der Waals surface area contributed by atoms with Crippen LogP contribution in [0, 0.1) is 6.92 Å². The van der Waals surface area contributed by atoms with Gasteiger partial charge in [0.1, 0.15) is 0 Å². The molecule has 0 aliphatic rings. The number of nitrogens with zero attached hydrogens (tertiary/aromatic N) is 1. The molecule has 0 aromatic carbocycles. The highest BCUT2D eigenvalue weighted by molar-refractivity contribution is 5.65. The third-order valence-corrected chi connectivity index (χ3v) is 2.04. The number of rotatable bonds is 6. The Balaban J connectivity index is 2.24. The van der Waals surface area contributed by atoms with Crippen molar-refractivity contribution in [2.45, 2.75) is 26.7 Å². The van der Waals surface area contributed by atoms with Crippen LogP contribution in [0.4, 0.5) is 0 Å². The number of unbranched alkanes of at least 4 members (excludes halogenated alkanes) is 1. The normalized spacial score (nSPS) is 10.0. The summed E-state index contributed by atoms with van der Waals surface area (Å²) in [7, 11) is 0. The van der Waals surface area contributed by atoms with E-state index in [0.717, 1.165) is 18.4 Å². The van der Waals surface area contributed by atoms with Gasteiger partial charge < -0.3 is 9.47 Å². The van der Waals surface area contributed by atoms with Crippen LogP contribution in [0.25, 0.3) is 0 Å². The van der Waals surface area contributed by atoms with Crippen LogP contribution in [-0.2, 0) is 9.53 Å². The maximum atomic E-state index is 10.9. The largest absolute Gasteiger partial charge is 0.479 e. The van der Waals surface area contributed by atoms with Crippen molar-refractivity contribution < 1.29 is 14.3 Å². The molecule has 17 heavy (non-hydrogen) atoms. The molecule has 1 aromatic rings. The molecular weight excluding hydrogens is 224 g/mol. The predicted octanol–water partition coefficient (Wildman–Crippen LogP) is 0.800. The van der Waals surface area contributed by atoms with Gasteiger partial charge in [0.25, 0.3) is 0 Å². The molecule has 0 bridgehead atoms. The predicted molar refractivity (Wildman–Crippen MR) is 61.0 cm³/mol. The summed E-state index contributed by atoms with van der Waals surface area (Å²) in [4.78, 5) is 27.5. The highest BCUT2D eigenvalue weighted by Gasteiger charge is 2.01. The minimum Gasteiger partial charge on any atom is -0.479 e. The van der Waals surface area contributed by atoms with Crippen molar-refractivity contribution in [2.75, 3.05) is 13.2 Å². The lowest BCUT2D eigenvalue weighted by Gasteiger charge is -2.07. The zero-order valence-electron chi connectivity index (χ0n) is 9.99. The van der Waals surface area contributed by atoms with Gasteiger partial charge in [0.15, 0.2) is 5.88 Å². The maximum absolute atomic E-state index is 10.9. The standard InChI is InChI=1S/C11H16N2O4/c1-8-7-12-11(15)13-10(8)17-6-4-3-5-16-9(2)14/h7H,3-6H2,1-2H3,(H,12,13,15). The molecule has 0 radical (unpaired) electrons. The van der Waals surface area contributed by atoms with Gasteiger partial charge in [0.2, 0.25) is 0 Å². The molecule has 0 aliphatic heterocycles. The molecule has 0 unspecified atom stereocenters. The van der Waals surface area contributed by atoms with Gasteiger partial charge >= 0.3 is 11.7 Å². The number of ether oxygens (including phenoxy) is 2. The molecule has 1 heterocycles. The van der Waals surface area contributed by atoms with Crippen molar-refractivity contribution in [1.29, 1.82) is 0 Å². The zero-order chi connectivity index (χ0) is 12.7. The van der Waals surface area contributed by atoms with E-state index in [9.17, 15) is 9.59 Å². The summed E-state index contributed by atoms with van der Waals surface area (Å²) < 4.78 is 10.2. The van der Waals surface area contributed by atoms with Crippen LogP contribution in [0.15, 0.2) is 11.0 Å². The van der Waals surface area contributed by atoms with Crippen molar-refractivity contribution in [3.8, 4) is 5.88 Å². The van der Waals surface area contributed by atoms with E-state index in [1.807, 2.05) is 0 Å². The summed E-state index contributed by atoms with van der Waals surface area (Å²) in [5.74, 6) is 0.165. The van der Waals surface area contributed by atoms with Crippen molar-refractivity contribution in [2.24, 2.45) is 0 Å². The number of nitrogens with one attached hydrogen (secondary N) is 1. The number of hydrogen-bond acceptors (Lipinski definition) is 5. The minimum absolute atomic E-state index is 0.278. The highest BCUT2D eigenvalue weighted by atomic mass is 16.5. The van der Waals surface area contributed by atoms with Crippen LogP contribution in [0.1, 0.15) is 25.3 Å². The number of aryl methyl sites for hydroxylation is 1. The van der Waals surface area contributed by atoms with E-state index in [1.54, 1.807) is 6.92 Å². The molecule has 0 fully saturated rings. The van der Waals surface area contributed by atoms with Gasteiger partial charge in [0.05, 0.1) is 13.2 Å². The molecule has 0 spiro atoms. The van der Waals surface area contributed by atoms with Crippen LogP contribution < -0.4 is 10.4 Å². The minimum atomic E-state index is -0.425. The molecule has 0 saturated carbocycles. The van der Waals surface area contributed by atoms with Gasteiger partial charge in [-0.3, -0.25) is 9.78 Å². The van der Waals surface area contributed by atoms with Crippen LogP contribution in [0.3, 0.4) is 0 Å². The van der Waals surface area contributed by atoms with Gasteiger partial charge in [-0.15, -0.1) is 0 Å². The van der Waals surface area contributed by atoms with E-state index in [4.69, 9.17) is 9.47 Å². The maximum Gasteiger partial charge on any atom is 0.347 e. The van der Waals surface area contributed by atoms with Crippen LogP contribution in [-0.4, -0.2) is 29.2 Å². The molecule has 94 valence electrons. The summed E-state index contributed by atoms with van der Waals surface area (Å²) >= 11 is 0. The summed E-state index contributed by atoms with van der Waals surface area (Å²) in [5, 5.41) is 0. The monoisotopic (exact) mass is 240 g/mol. The number of aromatic nitrogens is 2. The number of esters is 1. The molecule has 0 amide bonds. The fraction of sp³-hybridized carbons (Fsp3) is 0.545. The van der Waals surface area contributed by atoms with E-state index in [2.05, 4.69) is 9.97 Å². The second-order valence-electron chi connectivity index (χ2n) is 3.60. The average Bonchev–Trinajstić information content (AvgIpc) is 2.27. The first-order valence-corrected chi connectivity index (χ1v) is 5.41. The first-order chi connectivity index (χ1) is 8.09. The number of carbonyl (C=O) groups is 1. The summed E-state index contributed by atoms with van der Waals surface area (Å²) in [6.07, 6.45) is 2.94. The lowest BCUT2D eigenvalue weighted by molar-refractivity contribution is -0.141. The van der Waals surface area contributed by atoms with Gasteiger partial charge in [-0.25, -0.2) is 9.78 Å². The molecular formula is C11H16N2O4. The Bertz CT molecular complexity index is 428. The molecule has 1 rings (SSSR count). The second-order valence-corrected chi connectivity index (χ2v) is 3.60. The summed E-state index contributed by atoms with van der Waals surface area (Å²) in [6.45, 7) is 4.03. The van der Waals surface area contributed by atoms with Gasteiger partial charge in [-0.05, 0) is 19.8 Å². The Morgan fingerprint density at radius 2 is 2.12 bits per heavy atom. The number of aromatic amines is 1. The Morgan fingerprint density at radius 1 is 1.41 bits per heavy atom. The van der Waals surface area contributed by atoms with E-state index in [0.29, 0.717) is 19.1 Å².